The number of ketones is 1. The molecule has 19 heavy (non-hydrogen) atoms. The molecule has 0 saturated carbocycles. The largest absolute Gasteiger partial charge is 0.493 e. The smallest absolute Gasteiger partial charge is 0.203 e. The maximum Gasteiger partial charge on any atom is 0.203 e. The highest BCUT2D eigenvalue weighted by Gasteiger charge is 2.20. The van der Waals surface area contributed by atoms with E-state index >= 15 is 0 Å². The highest BCUT2D eigenvalue weighted by atomic mass is 16.5. The van der Waals surface area contributed by atoms with Crippen molar-refractivity contribution in [2.24, 2.45) is 0 Å². The van der Waals surface area contributed by atoms with E-state index in [1.807, 2.05) is 0 Å². The lowest BCUT2D eigenvalue weighted by Gasteiger charge is -2.17. The van der Waals surface area contributed by atoms with Gasteiger partial charge < -0.3 is 19.3 Å². The SMILES string of the molecule is C=C(C(C)=O)C(O)c1cc(OC)c(OC)c(OC)c1. The fourth-order valence-electron chi connectivity index (χ4n) is 1.65. The first-order chi connectivity index (χ1) is 8.96. The van der Waals surface area contributed by atoms with Gasteiger partial charge in [-0.15, -0.1) is 0 Å². The molecule has 0 aromatic heterocycles. The van der Waals surface area contributed by atoms with Crippen molar-refractivity contribution in [3.8, 4) is 17.2 Å². The molecule has 1 atom stereocenters. The second kappa shape index (κ2) is 6.24. The summed E-state index contributed by atoms with van der Waals surface area (Å²) in [5.41, 5.74) is 0.559. The quantitative estimate of drug-likeness (QED) is 0.796. The Kier molecular flexibility index (Phi) is 4.94. The first-order valence-corrected chi connectivity index (χ1v) is 5.64. The number of benzene rings is 1. The van der Waals surface area contributed by atoms with Crippen molar-refractivity contribution < 1.29 is 24.1 Å². The Morgan fingerprint density at radius 2 is 1.63 bits per heavy atom. The zero-order valence-corrected chi connectivity index (χ0v) is 11.5. The number of carbonyl (C=O) groups excluding carboxylic acids is 1. The van der Waals surface area contributed by atoms with Crippen LogP contribution in [0.15, 0.2) is 24.3 Å². The number of ether oxygens (including phenoxy) is 3. The van der Waals surface area contributed by atoms with Gasteiger partial charge in [-0.25, -0.2) is 0 Å². The van der Waals surface area contributed by atoms with E-state index in [0.717, 1.165) is 0 Å². The molecule has 0 saturated heterocycles. The predicted molar refractivity (Wildman–Crippen MR) is 70.9 cm³/mol. The minimum atomic E-state index is -1.11. The summed E-state index contributed by atoms with van der Waals surface area (Å²) in [6, 6.07) is 3.17. The van der Waals surface area contributed by atoms with Crippen molar-refractivity contribution in [3.05, 3.63) is 29.8 Å². The van der Waals surface area contributed by atoms with Crippen molar-refractivity contribution in [2.45, 2.75) is 13.0 Å². The number of rotatable bonds is 6. The van der Waals surface area contributed by atoms with Crippen LogP contribution in [0.5, 0.6) is 17.2 Å². The molecule has 5 heteroatoms. The molecule has 1 aromatic rings. The van der Waals surface area contributed by atoms with Crippen LogP contribution in [0.4, 0.5) is 0 Å². The molecule has 1 rings (SSSR count). The number of carbonyl (C=O) groups is 1. The van der Waals surface area contributed by atoms with Gasteiger partial charge in [0, 0.05) is 5.57 Å². The molecule has 0 amide bonds. The van der Waals surface area contributed by atoms with E-state index in [2.05, 4.69) is 6.58 Å². The first kappa shape index (κ1) is 15.0. The van der Waals surface area contributed by atoms with Gasteiger partial charge in [-0.2, -0.15) is 0 Å². The lowest BCUT2D eigenvalue weighted by molar-refractivity contribution is -0.114. The van der Waals surface area contributed by atoms with E-state index in [1.165, 1.54) is 28.3 Å². The number of methoxy groups -OCH3 is 3. The van der Waals surface area contributed by atoms with Crippen molar-refractivity contribution in [1.29, 1.82) is 0 Å². The summed E-state index contributed by atoms with van der Waals surface area (Å²) in [7, 11) is 4.45. The van der Waals surface area contributed by atoms with Crippen LogP contribution >= 0.6 is 0 Å². The third-order valence-corrected chi connectivity index (χ3v) is 2.79. The molecule has 1 aromatic carbocycles. The second-order valence-corrected chi connectivity index (χ2v) is 3.94. The minimum Gasteiger partial charge on any atom is -0.493 e. The van der Waals surface area contributed by atoms with Crippen LogP contribution in [0.1, 0.15) is 18.6 Å². The molecule has 5 nitrogen and oxygen atoms in total. The summed E-state index contributed by atoms with van der Waals surface area (Å²) in [6.45, 7) is 4.92. The fraction of sp³-hybridized carbons (Fsp3) is 0.357. The van der Waals surface area contributed by atoms with Crippen LogP contribution in [-0.4, -0.2) is 32.2 Å². The van der Waals surface area contributed by atoms with Crippen LogP contribution in [0, 0.1) is 0 Å². The van der Waals surface area contributed by atoms with Crippen molar-refractivity contribution >= 4 is 5.78 Å². The van der Waals surface area contributed by atoms with Gasteiger partial charge in [0.25, 0.3) is 0 Å². The number of hydrogen-bond acceptors (Lipinski definition) is 5. The molecule has 0 radical (unpaired) electrons. The Morgan fingerprint density at radius 1 is 1.16 bits per heavy atom. The summed E-state index contributed by atoms with van der Waals surface area (Å²) in [5, 5.41) is 10.1. The molecule has 0 heterocycles. The van der Waals surface area contributed by atoms with Crippen LogP contribution < -0.4 is 14.2 Å². The van der Waals surface area contributed by atoms with Crippen LogP contribution in [0.25, 0.3) is 0 Å². The lowest BCUT2D eigenvalue weighted by atomic mass is 9.99. The van der Waals surface area contributed by atoms with Gasteiger partial charge in [-0.1, -0.05) is 6.58 Å². The maximum atomic E-state index is 11.2. The van der Waals surface area contributed by atoms with Gasteiger partial charge in [0.15, 0.2) is 17.3 Å². The monoisotopic (exact) mass is 266 g/mol. The summed E-state index contributed by atoms with van der Waals surface area (Å²) >= 11 is 0. The number of hydrogen-bond donors (Lipinski definition) is 1. The number of aliphatic hydroxyl groups excluding tert-OH is 1. The third-order valence-electron chi connectivity index (χ3n) is 2.79. The average Bonchev–Trinajstić information content (AvgIpc) is 2.43. The zero-order chi connectivity index (χ0) is 14.6. The van der Waals surface area contributed by atoms with E-state index in [0.29, 0.717) is 22.8 Å². The van der Waals surface area contributed by atoms with Crippen molar-refractivity contribution in [3.63, 3.8) is 0 Å². The van der Waals surface area contributed by atoms with Gasteiger partial charge in [0.2, 0.25) is 5.75 Å². The van der Waals surface area contributed by atoms with Crippen LogP contribution in [0.2, 0.25) is 0 Å². The average molecular weight is 266 g/mol. The molecule has 0 aliphatic heterocycles. The minimum absolute atomic E-state index is 0.106. The predicted octanol–water partition coefficient (Wildman–Crippen LogP) is 1.89. The molecule has 0 aliphatic rings. The topological polar surface area (TPSA) is 65.0 Å². The second-order valence-electron chi connectivity index (χ2n) is 3.94. The maximum absolute atomic E-state index is 11.2. The number of Topliss-reactive ketones (excluding diaryl/α,β-unsaturated/α-hetero) is 1. The molecule has 104 valence electrons. The van der Waals surface area contributed by atoms with Gasteiger partial charge in [-0.3, -0.25) is 4.79 Å². The summed E-state index contributed by atoms with van der Waals surface area (Å²) in [6.07, 6.45) is -1.11. The van der Waals surface area contributed by atoms with Crippen molar-refractivity contribution in [1.82, 2.24) is 0 Å². The summed E-state index contributed by atoms with van der Waals surface area (Å²) in [4.78, 5) is 11.2. The molecular weight excluding hydrogens is 248 g/mol. The summed E-state index contributed by atoms with van der Waals surface area (Å²) < 4.78 is 15.5. The molecule has 0 bridgehead atoms. The van der Waals surface area contributed by atoms with Crippen molar-refractivity contribution in [2.75, 3.05) is 21.3 Å². The normalized spacial score (nSPS) is 11.6. The van der Waals surface area contributed by atoms with E-state index in [4.69, 9.17) is 14.2 Å². The van der Waals surface area contributed by atoms with Gasteiger partial charge in [0.1, 0.15) is 6.10 Å². The zero-order valence-electron chi connectivity index (χ0n) is 11.5. The van der Waals surface area contributed by atoms with Gasteiger partial charge in [0.05, 0.1) is 21.3 Å². The highest BCUT2D eigenvalue weighted by molar-refractivity contribution is 5.93. The fourth-order valence-corrected chi connectivity index (χ4v) is 1.65. The molecule has 1 N–H and O–H groups in total. The Bertz CT molecular complexity index is 468. The molecule has 1 unspecified atom stereocenters. The Balaban J connectivity index is 3.30. The van der Waals surface area contributed by atoms with E-state index in [-0.39, 0.29) is 11.4 Å². The summed E-state index contributed by atoms with van der Waals surface area (Å²) in [5.74, 6) is 0.968. The van der Waals surface area contributed by atoms with E-state index in [1.54, 1.807) is 12.1 Å². The molecular formula is C14H18O5. The standard InChI is InChI=1S/C14H18O5/c1-8(9(2)15)13(16)10-6-11(17-3)14(19-5)12(7-10)18-4/h6-7,13,16H,1H2,2-5H3. The van der Waals surface area contributed by atoms with Gasteiger partial charge >= 0.3 is 0 Å². The van der Waals surface area contributed by atoms with E-state index < -0.39 is 6.10 Å². The Hall–Kier alpha value is -2.01. The first-order valence-electron chi connectivity index (χ1n) is 5.64. The highest BCUT2D eigenvalue weighted by Crippen LogP contribution is 2.40. The third kappa shape index (κ3) is 3.06. The van der Waals surface area contributed by atoms with Crippen LogP contribution in [-0.2, 0) is 4.79 Å². The van der Waals surface area contributed by atoms with E-state index in [9.17, 15) is 9.90 Å². The van der Waals surface area contributed by atoms with Crippen LogP contribution in [0.3, 0.4) is 0 Å². The molecule has 0 aliphatic carbocycles. The Morgan fingerprint density at radius 3 is 1.95 bits per heavy atom. The molecule has 0 spiro atoms. The van der Waals surface area contributed by atoms with Gasteiger partial charge in [-0.05, 0) is 24.6 Å². The Labute approximate surface area is 112 Å². The number of aliphatic hydroxyl groups is 1. The lowest BCUT2D eigenvalue weighted by Crippen LogP contribution is -2.08. The molecule has 0 fully saturated rings.